The highest BCUT2D eigenvalue weighted by Crippen LogP contribution is 2.29. The summed E-state index contributed by atoms with van der Waals surface area (Å²) in [6.07, 6.45) is 3.69. The molecule has 1 N–H and O–H groups in total. The molecule has 0 aliphatic heterocycles. The topological polar surface area (TPSA) is 58.6 Å². The molecule has 0 amide bonds. The molecule has 0 unspecified atom stereocenters. The minimum absolute atomic E-state index is 0.127. The third-order valence-corrected chi connectivity index (χ3v) is 4.41. The number of nitrogens with zero attached hydrogens (tertiary/aromatic N) is 2. The van der Waals surface area contributed by atoms with Crippen LogP contribution in [-0.4, -0.2) is 21.2 Å². The summed E-state index contributed by atoms with van der Waals surface area (Å²) in [5.41, 5.74) is 2.38. The van der Waals surface area contributed by atoms with E-state index in [4.69, 9.17) is 0 Å². The zero-order valence-electron chi connectivity index (χ0n) is 12.4. The number of hydrogen-bond acceptors (Lipinski definition) is 4. The van der Waals surface area contributed by atoms with E-state index in [2.05, 4.69) is 15.0 Å². The average Bonchev–Trinajstić information content (AvgIpc) is 2.61. The fraction of sp³-hybridized carbons (Fsp3) is 0.0556. The van der Waals surface area contributed by atoms with Crippen LogP contribution in [0, 0.1) is 0 Å². The first kappa shape index (κ1) is 14.0. The number of aromatic amines is 1. The number of benzene rings is 2. The Hall–Kier alpha value is -2.66. The zero-order valence-corrected chi connectivity index (χ0v) is 13.2. The van der Waals surface area contributed by atoms with E-state index in [1.165, 1.54) is 11.8 Å². The SMILES string of the molecule is CSc1ncc2c(n1)[nH]c(=O)c1c(-c3ccccc3)cccc12. The van der Waals surface area contributed by atoms with Crippen molar-refractivity contribution in [3.05, 3.63) is 65.1 Å². The standard InChI is InChI=1S/C18H13N3OS/c1-23-18-19-10-14-13-9-5-8-12(11-6-3-2-4-7-11)15(13)17(22)20-16(14)21-18/h2-10H,1H3,(H,19,20,21,22). The number of thioether (sulfide) groups is 1. The summed E-state index contributed by atoms with van der Waals surface area (Å²) in [6.45, 7) is 0. The maximum atomic E-state index is 12.7. The average molecular weight is 319 g/mol. The number of H-pyrrole nitrogens is 1. The molecular weight excluding hydrogens is 306 g/mol. The second-order valence-electron chi connectivity index (χ2n) is 5.17. The molecule has 4 rings (SSSR count). The molecule has 2 aromatic carbocycles. The largest absolute Gasteiger partial charge is 0.306 e. The van der Waals surface area contributed by atoms with Gasteiger partial charge >= 0.3 is 0 Å². The highest BCUT2D eigenvalue weighted by molar-refractivity contribution is 7.98. The summed E-state index contributed by atoms with van der Waals surface area (Å²) >= 11 is 1.45. The monoisotopic (exact) mass is 319 g/mol. The summed E-state index contributed by atoms with van der Waals surface area (Å²) in [4.78, 5) is 24.3. The second-order valence-corrected chi connectivity index (χ2v) is 5.94. The predicted octanol–water partition coefficient (Wildman–Crippen LogP) is 3.86. The van der Waals surface area contributed by atoms with E-state index in [9.17, 15) is 4.79 Å². The smallest absolute Gasteiger partial charge is 0.258 e. The van der Waals surface area contributed by atoms with Gasteiger partial charge in [-0.25, -0.2) is 9.97 Å². The number of rotatable bonds is 2. The van der Waals surface area contributed by atoms with Gasteiger partial charge in [-0.2, -0.15) is 0 Å². The van der Waals surface area contributed by atoms with E-state index in [0.29, 0.717) is 16.2 Å². The van der Waals surface area contributed by atoms with Crippen molar-refractivity contribution in [1.82, 2.24) is 15.0 Å². The number of aromatic nitrogens is 3. The quantitative estimate of drug-likeness (QED) is 0.346. The molecule has 0 saturated heterocycles. The molecule has 0 fully saturated rings. The Balaban J connectivity index is 2.13. The third-order valence-electron chi connectivity index (χ3n) is 3.85. The molecule has 0 radical (unpaired) electrons. The highest BCUT2D eigenvalue weighted by Gasteiger charge is 2.12. The van der Waals surface area contributed by atoms with Gasteiger partial charge in [0.1, 0.15) is 5.65 Å². The summed E-state index contributed by atoms with van der Waals surface area (Å²) in [6, 6.07) is 15.8. The van der Waals surface area contributed by atoms with Crippen LogP contribution in [0.4, 0.5) is 0 Å². The third kappa shape index (κ3) is 2.29. The van der Waals surface area contributed by atoms with Gasteiger partial charge in [0.15, 0.2) is 5.16 Å². The minimum Gasteiger partial charge on any atom is -0.306 e. The van der Waals surface area contributed by atoms with Crippen LogP contribution in [0.25, 0.3) is 32.9 Å². The number of nitrogens with one attached hydrogen (secondary N) is 1. The van der Waals surface area contributed by atoms with Crippen LogP contribution in [0.2, 0.25) is 0 Å². The van der Waals surface area contributed by atoms with Gasteiger partial charge in [0, 0.05) is 17.0 Å². The van der Waals surface area contributed by atoms with E-state index in [1.54, 1.807) is 6.20 Å². The zero-order chi connectivity index (χ0) is 15.8. The summed E-state index contributed by atoms with van der Waals surface area (Å²) in [5, 5.41) is 3.05. The second kappa shape index (κ2) is 5.52. The Kier molecular flexibility index (Phi) is 3.35. The van der Waals surface area contributed by atoms with Gasteiger partial charge in [0.05, 0.1) is 5.39 Å². The maximum absolute atomic E-state index is 12.7. The molecule has 2 aromatic heterocycles. The molecule has 0 spiro atoms. The van der Waals surface area contributed by atoms with Gasteiger partial charge in [-0.15, -0.1) is 0 Å². The number of hydrogen-bond donors (Lipinski definition) is 1. The lowest BCUT2D eigenvalue weighted by Crippen LogP contribution is -2.09. The molecule has 0 aliphatic carbocycles. The van der Waals surface area contributed by atoms with Crippen molar-refractivity contribution in [2.75, 3.05) is 6.26 Å². The van der Waals surface area contributed by atoms with Gasteiger partial charge in [0.2, 0.25) is 0 Å². The Morgan fingerprint density at radius 3 is 2.61 bits per heavy atom. The molecule has 4 aromatic rings. The van der Waals surface area contributed by atoms with Crippen LogP contribution in [0.15, 0.2) is 64.7 Å². The number of fused-ring (bicyclic) bond motifs is 3. The van der Waals surface area contributed by atoms with Gasteiger partial charge in [-0.3, -0.25) is 4.79 Å². The Morgan fingerprint density at radius 1 is 1.00 bits per heavy atom. The summed E-state index contributed by atoms with van der Waals surface area (Å²) in [7, 11) is 0. The molecule has 112 valence electrons. The van der Waals surface area contributed by atoms with Crippen molar-refractivity contribution in [3.63, 3.8) is 0 Å². The van der Waals surface area contributed by atoms with Gasteiger partial charge in [-0.05, 0) is 17.4 Å². The number of pyridine rings is 1. The van der Waals surface area contributed by atoms with Crippen LogP contribution >= 0.6 is 11.8 Å². The van der Waals surface area contributed by atoms with E-state index in [0.717, 1.165) is 21.9 Å². The molecule has 2 heterocycles. The van der Waals surface area contributed by atoms with E-state index in [1.807, 2.05) is 54.8 Å². The highest BCUT2D eigenvalue weighted by atomic mass is 32.2. The minimum atomic E-state index is -0.127. The van der Waals surface area contributed by atoms with Crippen LogP contribution in [0.5, 0.6) is 0 Å². The fourth-order valence-electron chi connectivity index (χ4n) is 2.81. The molecule has 4 nitrogen and oxygen atoms in total. The van der Waals surface area contributed by atoms with Crippen molar-refractivity contribution in [1.29, 1.82) is 0 Å². The van der Waals surface area contributed by atoms with Crippen molar-refractivity contribution >= 4 is 33.6 Å². The van der Waals surface area contributed by atoms with Crippen LogP contribution in [0.3, 0.4) is 0 Å². The molecule has 23 heavy (non-hydrogen) atoms. The maximum Gasteiger partial charge on any atom is 0.258 e. The van der Waals surface area contributed by atoms with Crippen molar-refractivity contribution in [2.45, 2.75) is 5.16 Å². The molecule has 0 atom stereocenters. The molecule has 0 saturated carbocycles. The first-order chi connectivity index (χ1) is 11.3. The molecular formula is C18H13N3OS. The Bertz CT molecular complexity index is 1070. The van der Waals surface area contributed by atoms with Gasteiger partial charge in [-0.1, -0.05) is 60.3 Å². The van der Waals surface area contributed by atoms with Gasteiger partial charge in [0.25, 0.3) is 5.56 Å². The van der Waals surface area contributed by atoms with Crippen LogP contribution < -0.4 is 5.56 Å². The normalized spacial score (nSPS) is 11.2. The lowest BCUT2D eigenvalue weighted by atomic mass is 9.98. The van der Waals surface area contributed by atoms with Crippen LogP contribution in [-0.2, 0) is 0 Å². The molecule has 5 heteroatoms. The van der Waals surface area contributed by atoms with Crippen molar-refractivity contribution in [2.24, 2.45) is 0 Å². The fourth-order valence-corrected chi connectivity index (χ4v) is 3.15. The first-order valence-corrected chi connectivity index (χ1v) is 8.41. The molecule has 0 aliphatic rings. The van der Waals surface area contributed by atoms with Crippen molar-refractivity contribution in [3.8, 4) is 11.1 Å². The lowest BCUT2D eigenvalue weighted by Gasteiger charge is -2.08. The first-order valence-electron chi connectivity index (χ1n) is 7.19. The Morgan fingerprint density at radius 2 is 1.83 bits per heavy atom. The van der Waals surface area contributed by atoms with Crippen molar-refractivity contribution < 1.29 is 0 Å². The summed E-state index contributed by atoms with van der Waals surface area (Å²) in [5.74, 6) is 0. The predicted molar refractivity (Wildman–Crippen MR) is 94.9 cm³/mol. The van der Waals surface area contributed by atoms with Gasteiger partial charge < -0.3 is 4.98 Å². The van der Waals surface area contributed by atoms with E-state index < -0.39 is 0 Å². The van der Waals surface area contributed by atoms with E-state index in [-0.39, 0.29) is 5.56 Å². The lowest BCUT2D eigenvalue weighted by molar-refractivity contribution is 0.991. The summed E-state index contributed by atoms with van der Waals surface area (Å²) < 4.78 is 0. The molecule has 0 bridgehead atoms. The van der Waals surface area contributed by atoms with Crippen LogP contribution in [0.1, 0.15) is 0 Å². The van der Waals surface area contributed by atoms with E-state index >= 15 is 0 Å². The Labute approximate surface area is 136 Å².